The van der Waals surface area contributed by atoms with E-state index in [-0.39, 0.29) is 18.8 Å². The first-order chi connectivity index (χ1) is 9.42. The third-order valence-electron chi connectivity index (χ3n) is 2.32. The van der Waals surface area contributed by atoms with Gasteiger partial charge in [0.25, 0.3) is 0 Å². The fraction of sp³-hybridized carbons (Fsp3) is 0.385. The second-order valence-corrected chi connectivity index (χ2v) is 5.07. The van der Waals surface area contributed by atoms with Crippen LogP contribution in [-0.4, -0.2) is 43.5 Å². The van der Waals surface area contributed by atoms with Gasteiger partial charge in [-0.1, -0.05) is 15.9 Å². The smallest absolute Gasteiger partial charge is 0.320 e. The standard InChI is InChI=1S/C13H16BrFN2O3/c1-3-20-13(19)8-17(2)7-12(18)16-11-5-4-9(14)6-10(11)15/h4-6H,3,7-8H2,1-2H3,(H,16,18). The number of benzene rings is 1. The molecule has 0 unspecified atom stereocenters. The Bertz CT molecular complexity index is 497. The van der Waals surface area contributed by atoms with Crippen molar-refractivity contribution >= 4 is 33.5 Å². The van der Waals surface area contributed by atoms with Crippen LogP contribution in [0, 0.1) is 5.82 Å². The van der Waals surface area contributed by atoms with Crippen LogP contribution in [0.2, 0.25) is 0 Å². The number of nitrogens with zero attached hydrogens (tertiary/aromatic N) is 1. The minimum absolute atomic E-state index is 0.00405. The van der Waals surface area contributed by atoms with E-state index in [1.165, 1.54) is 17.0 Å². The van der Waals surface area contributed by atoms with Crippen molar-refractivity contribution in [3.63, 3.8) is 0 Å². The number of rotatable bonds is 6. The minimum Gasteiger partial charge on any atom is -0.465 e. The molecule has 0 aliphatic heterocycles. The third kappa shape index (κ3) is 5.66. The lowest BCUT2D eigenvalue weighted by Gasteiger charge is -2.15. The first-order valence-electron chi connectivity index (χ1n) is 6.01. The van der Waals surface area contributed by atoms with Gasteiger partial charge in [-0.25, -0.2) is 4.39 Å². The average Bonchev–Trinajstić information content (AvgIpc) is 2.32. The molecule has 0 saturated heterocycles. The summed E-state index contributed by atoms with van der Waals surface area (Å²) in [6.45, 7) is 1.97. The molecule has 20 heavy (non-hydrogen) atoms. The number of anilines is 1. The van der Waals surface area contributed by atoms with Gasteiger partial charge >= 0.3 is 5.97 Å². The first-order valence-corrected chi connectivity index (χ1v) is 6.80. The molecular formula is C13H16BrFN2O3. The van der Waals surface area contributed by atoms with Gasteiger partial charge in [-0.15, -0.1) is 0 Å². The summed E-state index contributed by atoms with van der Waals surface area (Å²) < 4.78 is 18.9. The number of carbonyl (C=O) groups excluding carboxylic acids is 2. The van der Waals surface area contributed by atoms with Crippen molar-refractivity contribution in [2.24, 2.45) is 0 Å². The molecule has 1 aromatic carbocycles. The maximum absolute atomic E-state index is 13.5. The molecule has 0 heterocycles. The number of esters is 1. The van der Waals surface area contributed by atoms with E-state index in [0.29, 0.717) is 11.1 Å². The van der Waals surface area contributed by atoms with Crippen molar-refractivity contribution in [3.05, 3.63) is 28.5 Å². The summed E-state index contributed by atoms with van der Waals surface area (Å²) in [7, 11) is 1.61. The largest absolute Gasteiger partial charge is 0.465 e. The second kappa shape index (κ2) is 7.96. The summed E-state index contributed by atoms with van der Waals surface area (Å²) >= 11 is 3.13. The molecule has 0 radical (unpaired) electrons. The zero-order valence-electron chi connectivity index (χ0n) is 11.3. The molecule has 1 N–H and O–H groups in total. The molecular weight excluding hydrogens is 331 g/mol. The first kappa shape index (κ1) is 16.6. The van der Waals surface area contributed by atoms with Crippen molar-refractivity contribution in [2.45, 2.75) is 6.92 Å². The fourth-order valence-corrected chi connectivity index (χ4v) is 1.84. The lowest BCUT2D eigenvalue weighted by molar-refractivity contribution is -0.144. The van der Waals surface area contributed by atoms with Crippen LogP contribution >= 0.6 is 15.9 Å². The summed E-state index contributed by atoms with van der Waals surface area (Å²) in [5.41, 5.74) is 0.0998. The predicted octanol–water partition coefficient (Wildman–Crippen LogP) is 2.02. The van der Waals surface area contributed by atoms with Crippen LogP contribution in [0.5, 0.6) is 0 Å². The lowest BCUT2D eigenvalue weighted by atomic mass is 10.3. The van der Waals surface area contributed by atoms with Crippen LogP contribution in [0.3, 0.4) is 0 Å². The van der Waals surface area contributed by atoms with Gasteiger partial charge < -0.3 is 10.1 Å². The number of carbonyl (C=O) groups is 2. The summed E-state index contributed by atoms with van der Waals surface area (Å²) in [5.74, 6) is -1.34. The van der Waals surface area contributed by atoms with E-state index in [2.05, 4.69) is 21.2 Å². The highest BCUT2D eigenvalue weighted by atomic mass is 79.9. The summed E-state index contributed by atoms with van der Waals surface area (Å²) in [4.78, 5) is 24.4. The Morgan fingerprint density at radius 2 is 2.10 bits per heavy atom. The monoisotopic (exact) mass is 346 g/mol. The second-order valence-electron chi connectivity index (χ2n) is 4.15. The highest BCUT2D eigenvalue weighted by Gasteiger charge is 2.13. The molecule has 1 rings (SSSR count). The Balaban J connectivity index is 2.49. The van der Waals surface area contributed by atoms with Gasteiger partial charge in [0.1, 0.15) is 5.82 Å². The van der Waals surface area contributed by atoms with E-state index in [0.717, 1.165) is 0 Å². The Morgan fingerprint density at radius 1 is 1.40 bits per heavy atom. The molecule has 0 saturated carbocycles. The molecule has 0 spiro atoms. The van der Waals surface area contributed by atoms with Crippen molar-refractivity contribution < 1.29 is 18.7 Å². The van der Waals surface area contributed by atoms with E-state index in [1.54, 1.807) is 20.0 Å². The topological polar surface area (TPSA) is 58.6 Å². The van der Waals surface area contributed by atoms with Crippen LogP contribution in [0.4, 0.5) is 10.1 Å². The van der Waals surface area contributed by atoms with E-state index < -0.39 is 17.7 Å². The van der Waals surface area contributed by atoms with E-state index >= 15 is 0 Å². The molecule has 1 amide bonds. The average molecular weight is 347 g/mol. The minimum atomic E-state index is -0.527. The zero-order chi connectivity index (χ0) is 15.1. The van der Waals surface area contributed by atoms with Gasteiger partial charge in [-0.3, -0.25) is 14.5 Å². The van der Waals surface area contributed by atoms with Crippen LogP contribution < -0.4 is 5.32 Å². The van der Waals surface area contributed by atoms with Crippen molar-refractivity contribution in [3.8, 4) is 0 Å². The van der Waals surface area contributed by atoms with Crippen LogP contribution in [-0.2, 0) is 14.3 Å². The summed E-state index contributed by atoms with van der Waals surface area (Å²) in [5, 5.41) is 2.45. The molecule has 5 nitrogen and oxygen atoms in total. The molecule has 0 fully saturated rings. The van der Waals surface area contributed by atoms with Crippen molar-refractivity contribution in [1.82, 2.24) is 4.90 Å². The Labute approximate surface area is 125 Å². The summed E-state index contributed by atoms with van der Waals surface area (Å²) in [6.07, 6.45) is 0. The molecule has 0 aliphatic rings. The fourth-order valence-electron chi connectivity index (χ4n) is 1.51. The van der Waals surface area contributed by atoms with Gasteiger partial charge in [0.2, 0.25) is 5.91 Å². The van der Waals surface area contributed by atoms with E-state index in [1.807, 2.05) is 0 Å². The van der Waals surface area contributed by atoms with Gasteiger partial charge in [0.05, 0.1) is 25.4 Å². The van der Waals surface area contributed by atoms with Crippen LogP contribution in [0.25, 0.3) is 0 Å². The van der Waals surface area contributed by atoms with E-state index in [9.17, 15) is 14.0 Å². The Hall–Kier alpha value is -1.47. The van der Waals surface area contributed by atoms with Crippen molar-refractivity contribution in [1.29, 1.82) is 0 Å². The van der Waals surface area contributed by atoms with Crippen molar-refractivity contribution in [2.75, 3.05) is 32.1 Å². The number of amides is 1. The number of likely N-dealkylation sites (N-methyl/N-ethyl adjacent to an activating group) is 1. The molecule has 0 atom stereocenters. The van der Waals surface area contributed by atoms with Crippen LogP contribution in [0.1, 0.15) is 6.92 Å². The molecule has 1 aromatic rings. The number of nitrogens with one attached hydrogen (secondary N) is 1. The molecule has 0 aromatic heterocycles. The maximum Gasteiger partial charge on any atom is 0.320 e. The zero-order valence-corrected chi connectivity index (χ0v) is 12.9. The Kier molecular flexibility index (Phi) is 6.60. The van der Waals surface area contributed by atoms with E-state index in [4.69, 9.17) is 4.74 Å². The third-order valence-corrected chi connectivity index (χ3v) is 2.82. The van der Waals surface area contributed by atoms with Gasteiger partial charge in [-0.05, 0) is 32.2 Å². The highest BCUT2D eigenvalue weighted by molar-refractivity contribution is 9.10. The van der Waals surface area contributed by atoms with Crippen LogP contribution in [0.15, 0.2) is 22.7 Å². The SMILES string of the molecule is CCOC(=O)CN(C)CC(=O)Nc1ccc(Br)cc1F. The van der Waals surface area contributed by atoms with Gasteiger partial charge in [0, 0.05) is 4.47 Å². The number of hydrogen-bond acceptors (Lipinski definition) is 4. The lowest BCUT2D eigenvalue weighted by Crippen LogP contribution is -2.34. The Morgan fingerprint density at radius 3 is 2.70 bits per heavy atom. The molecule has 0 bridgehead atoms. The molecule has 7 heteroatoms. The molecule has 0 aliphatic carbocycles. The van der Waals surface area contributed by atoms with Gasteiger partial charge in [-0.2, -0.15) is 0 Å². The predicted molar refractivity (Wildman–Crippen MR) is 76.9 cm³/mol. The number of hydrogen-bond donors (Lipinski definition) is 1. The quantitative estimate of drug-likeness (QED) is 0.800. The molecule has 110 valence electrons. The maximum atomic E-state index is 13.5. The normalized spacial score (nSPS) is 10.4. The number of ether oxygens (including phenoxy) is 1. The highest BCUT2D eigenvalue weighted by Crippen LogP contribution is 2.19. The van der Waals surface area contributed by atoms with Gasteiger partial charge in [0.15, 0.2) is 0 Å². The number of halogens is 2. The summed E-state index contributed by atoms with van der Waals surface area (Å²) in [6, 6.07) is 4.35.